The fourth-order valence-electron chi connectivity index (χ4n) is 0.841. The van der Waals surface area contributed by atoms with Crippen LogP contribution in [0, 0.1) is 0 Å². The van der Waals surface area contributed by atoms with Crippen LogP contribution in [0.5, 0.6) is 0 Å². The Kier molecular flexibility index (Phi) is 4.17. The van der Waals surface area contributed by atoms with Gasteiger partial charge in [-0.1, -0.05) is 0 Å². The van der Waals surface area contributed by atoms with Crippen LogP contribution in [0.2, 0.25) is 0 Å². The molecule has 82 valence electrons. The van der Waals surface area contributed by atoms with Gasteiger partial charge in [-0.2, -0.15) is 0 Å². The van der Waals surface area contributed by atoms with Gasteiger partial charge in [0.1, 0.15) is 5.69 Å². The van der Waals surface area contributed by atoms with Gasteiger partial charge in [-0.15, -0.1) is 0 Å². The Balaban J connectivity index is 2.40. The van der Waals surface area contributed by atoms with Crippen LogP contribution in [-0.4, -0.2) is 23.6 Å². The smallest absolute Gasteiger partial charge is 0.426 e. The molecule has 0 spiro atoms. The molecule has 7 heteroatoms. The van der Waals surface area contributed by atoms with Crippen molar-refractivity contribution >= 4 is 27.9 Å². The summed E-state index contributed by atoms with van der Waals surface area (Å²) < 4.78 is 5.30. The topological polar surface area (TPSA) is 83.2 Å². The van der Waals surface area contributed by atoms with Crippen molar-refractivity contribution in [3.8, 4) is 0 Å². The van der Waals surface area contributed by atoms with Gasteiger partial charge in [0.2, 0.25) is 0 Å². The van der Waals surface area contributed by atoms with E-state index in [2.05, 4.69) is 36.5 Å². The highest BCUT2D eigenvalue weighted by Crippen LogP contribution is 2.09. The van der Waals surface area contributed by atoms with E-state index in [0.717, 1.165) is 4.47 Å². The van der Waals surface area contributed by atoms with Gasteiger partial charge in [-0.25, -0.2) is 10.2 Å². The molecule has 1 aromatic heterocycles. The van der Waals surface area contributed by atoms with E-state index in [-0.39, 0.29) is 6.61 Å². The lowest BCUT2D eigenvalue weighted by Crippen LogP contribution is -2.42. The number of nitrogens with one attached hydrogen (secondary N) is 3. The van der Waals surface area contributed by atoms with Crippen molar-refractivity contribution in [3.05, 3.63) is 22.4 Å². The zero-order valence-electron chi connectivity index (χ0n) is 7.96. The first-order valence-electron chi connectivity index (χ1n) is 4.20. The lowest BCUT2D eigenvalue weighted by Gasteiger charge is -2.05. The minimum atomic E-state index is -0.698. The summed E-state index contributed by atoms with van der Waals surface area (Å²) in [5.41, 5.74) is 4.61. The minimum absolute atomic E-state index is 0.246. The van der Waals surface area contributed by atoms with E-state index in [4.69, 9.17) is 0 Å². The molecule has 2 amide bonds. The van der Waals surface area contributed by atoms with E-state index in [1.807, 2.05) is 0 Å². The highest BCUT2D eigenvalue weighted by atomic mass is 79.9. The highest BCUT2D eigenvalue weighted by Gasteiger charge is 2.08. The van der Waals surface area contributed by atoms with Crippen molar-refractivity contribution in [2.75, 3.05) is 6.61 Å². The Hall–Kier alpha value is -1.50. The molecule has 0 aliphatic rings. The van der Waals surface area contributed by atoms with Crippen LogP contribution in [0.1, 0.15) is 17.4 Å². The molecule has 0 aromatic carbocycles. The molecule has 1 heterocycles. The van der Waals surface area contributed by atoms with Crippen LogP contribution in [0.4, 0.5) is 4.79 Å². The van der Waals surface area contributed by atoms with Crippen molar-refractivity contribution < 1.29 is 14.3 Å². The van der Waals surface area contributed by atoms with Gasteiger partial charge in [0.15, 0.2) is 0 Å². The monoisotopic (exact) mass is 275 g/mol. The van der Waals surface area contributed by atoms with E-state index in [0.29, 0.717) is 5.69 Å². The molecule has 0 radical (unpaired) electrons. The summed E-state index contributed by atoms with van der Waals surface area (Å²) in [6.07, 6.45) is 0.913. The van der Waals surface area contributed by atoms with Crippen molar-refractivity contribution in [1.29, 1.82) is 0 Å². The zero-order valence-corrected chi connectivity index (χ0v) is 9.55. The van der Waals surface area contributed by atoms with E-state index < -0.39 is 12.0 Å². The molecule has 0 unspecified atom stereocenters. The Morgan fingerprint density at radius 2 is 2.27 bits per heavy atom. The number of H-pyrrole nitrogens is 1. The zero-order chi connectivity index (χ0) is 11.3. The molecule has 1 rings (SSSR count). The molecule has 0 bridgehead atoms. The van der Waals surface area contributed by atoms with E-state index in [1.54, 1.807) is 19.2 Å². The average Bonchev–Trinajstić information content (AvgIpc) is 2.62. The van der Waals surface area contributed by atoms with Crippen molar-refractivity contribution in [2.45, 2.75) is 6.92 Å². The van der Waals surface area contributed by atoms with Gasteiger partial charge in [-0.05, 0) is 28.9 Å². The van der Waals surface area contributed by atoms with Crippen LogP contribution in [-0.2, 0) is 4.74 Å². The molecule has 6 nitrogen and oxygen atoms in total. The number of aromatic nitrogens is 1. The predicted molar refractivity (Wildman–Crippen MR) is 56.1 cm³/mol. The molecule has 0 atom stereocenters. The largest absolute Gasteiger partial charge is 0.449 e. The number of aromatic amines is 1. The normalized spacial score (nSPS) is 9.47. The van der Waals surface area contributed by atoms with Crippen LogP contribution in [0.25, 0.3) is 0 Å². The van der Waals surface area contributed by atoms with E-state index in [9.17, 15) is 9.59 Å². The summed E-state index contributed by atoms with van der Waals surface area (Å²) in [6, 6.07) is 1.59. The summed E-state index contributed by atoms with van der Waals surface area (Å²) in [6.45, 7) is 1.92. The van der Waals surface area contributed by atoms with Gasteiger partial charge in [-0.3, -0.25) is 10.2 Å². The Labute approximate surface area is 94.5 Å². The van der Waals surface area contributed by atoms with Gasteiger partial charge in [0.05, 0.1) is 6.61 Å². The quantitative estimate of drug-likeness (QED) is 0.709. The molecule has 0 saturated carbocycles. The first kappa shape index (κ1) is 11.6. The molecular weight excluding hydrogens is 266 g/mol. The third kappa shape index (κ3) is 3.62. The first-order valence-corrected chi connectivity index (χ1v) is 4.99. The summed E-state index contributed by atoms with van der Waals surface area (Å²) >= 11 is 3.18. The molecular formula is C8H10BrN3O3. The molecule has 0 aliphatic carbocycles. The van der Waals surface area contributed by atoms with Crippen molar-refractivity contribution in [1.82, 2.24) is 15.8 Å². The second-order valence-corrected chi connectivity index (χ2v) is 3.45. The van der Waals surface area contributed by atoms with Crippen molar-refractivity contribution in [2.24, 2.45) is 0 Å². The minimum Gasteiger partial charge on any atom is -0.449 e. The van der Waals surface area contributed by atoms with Gasteiger partial charge < -0.3 is 9.72 Å². The third-order valence-corrected chi connectivity index (χ3v) is 1.90. The average molecular weight is 276 g/mol. The maximum Gasteiger partial charge on any atom is 0.426 e. The molecule has 3 N–H and O–H groups in total. The first-order chi connectivity index (χ1) is 7.13. The Morgan fingerprint density at radius 3 is 2.80 bits per heavy atom. The number of rotatable bonds is 2. The summed E-state index contributed by atoms with van der Waals surface area (Å²) in [4.78, 5) is 24.9. The van der Waals surface area contributed by atoms with Crippen LogP contribution in [0.3, 0.4) is 0 Å². The molecule has 0 saturated heterocycles. The fraction of sp³-hybridized carbons (Fsp3) is 0.250. The van der Waals surface area contributed by atoms with Crippen LogP contribution in [0.15, 0.2) is 16.7 Å². The van der Waals surface area contributed by atoms with Crippen molar-refractivity contribution in [3.63, 3.8) is 0 Å². The van der Waals surface area contributed by atoms with E-state index >= 15 is 0 Å². The van der Waals surface area contributed by atoms with Gasteiger partial charge in [0.25, 0.3) is 5.91 Å². The van der Waals surface area contributed by atoms with Crippen LogP contribution < -0.4 is 10.9 Å². The van der Waals surface area contributed by atoms with Crippen LogP contribution >= 0.6 is 15.9 Å². The maximum atomic E-state index is 11.3. The Morgan fingerprint density at radius 1 is 1.53 bits per heavy atom. The Bertz CT molecular complexity index is 364. The standard InChI is InChI=1S/C8H10BrN3O3/c1-2-15-8(14)12-11-7(13)6-3-5(9)4-10-6/h3-4,10H,2H2,1H3,(H,11,13)(H,12,14). The molecule has 15 heavy (non-hydrogen) atoms. The number of carbonyl (C=O) groups is 2. The predicted octanol–water partition coefficient (Wildman–Crippen LogP) is 1.17. The molecule has 0 fully saturated rings. The third-order valence-electron chi connectivity index (χ3n) is 1.45. The summed E-state index contributed by atoms with van der Waals surface area (Å²) in [5.74, 6) is -0.450. The van der Waals surface area contributed by atoms with E-state index in [1.165, 1.54) is 0 Å². The second kappa shape index (κ2) is 5.40. The molecule has 1 aromatic rings. The summed E-state index contributed by atoms with van der Waals surface area (Å²) in [7, 11) is 0. The number of hydrazine groups is 1. The number of halogens is 1. The maximum absolute atomic E-state index is 11.3. The van der Waals surface area contributed by atoms with Gasteiger partial charge in [0, 0.05) is 10.7 Å². The lowest BCUT2D eigenvalue weighted by molar-refractivity contribution is 0.0908. The number of hydrogen-bond donors (Lipinski definition) is 3. The lowest BCUT2D eigenvalue weighted by atomic mass is 10.4. The van der Waals surface area contributed by atoms with Gasteiger partial charge >= 0.3 is 6.09 Å². The number of carbonyl (C=O) groups excluding carboxylic acids is 2. The molecule has 0 aliphatic heterocycles. The summed E-state index contributed by atoms with van der Waals surface area (Å²) in [5, 5.41) is 0. The number of hydrogen-bond acceptors (Lipinski definition) is 3. The SMILES string of the molecule is CCOC(=O)NNC(=O)c1cc(Br)c[nH]1. The highest BCUT2D eigenvalue weighted by molar-refractivity contribution is 9.10. The second-order valence-electron chi connectivity index (χ2n) is 2.53. The fourth-order valence-corrected chi connectivity index (χ4v) is 1.18. The number of ether oxygens (including phenoxy) is 1. The number of amides is 2.